The average molecular weight is 348 g/mol. The lowest BCUT2D eigenvalue weighted by molar-refractivity contribution is 0.0322. The van der Waals surface area contributed by atoms with Crippen LogP contribution in [0.5, 0.6) is 5.75 Å². The first-order valence-electron chi connectivity index (χ1n) is 9.24. The van der Waals surface area contributed by atoms with Gasteiger partial charge in [0.15, 0.2) is 5.96 Å². The molecule has 1 aromatic rings. The molecule has 1 aliphatic rings. The summed E-state index contributed by atoms with van der Waals surface area (Å²) in [5.41, 5.74) is 1.14. The van der Waals surface area contributed by atoms with Crippen molar-refractivity contribution < 1.29 is 9.47 Å². The second-order valence-corrected chi connectivity index (χ2v) is 6.44. The van der Waals surface area contributed by atoms with Crippen molar-refractivity contribution in [1.29, 1.82) is 0 Å². The number of guanidine groups is 1. The molecule has 1 fully saturated rings. The van der Waals surface area contributed by atoms with E-state index in [0.29, 0.717) is 19.2 Å². The Hall–Kier alpha value is -1.79. The van der Waals surface area contributed by atoms with Gasteiger partial charge in [-0.2, -0.15) is 0 Å². The van der Waals surface area contributed by atoms with Crippen molar-refractivity contribution in [2.45, 2.75) is 33.4 Å². The monoisotopic (exact) mass is 348 g/mol. The minimum Gasteiger partial charge on any atom is -0.492 e. The van der Waals surface area contributed by atoms with Gasteiger partial charge in [-0.05, 0) is 38.5 Å². The molecular weight excluding hydrogens is 316 g/mol. The highest BCUT2D eigenvalue weighted by Gasteiger charge is 2.09. The molecular formula is C19H32N4O2. The molecule has 1 heterocycles. The molecule has 0 unspecified atom stereocenters. The largest absolute Gasteiger partial charge is 0.492 e. The molecule has 0 spiro atoms. The van der Waals surface area contributed by atoms with Gasteiger partial charge in [0.2, 0.25) is 0 Å². The van der Waals surface area contributed by atoms with Crippen molar-refractivity contribution in [3.63, 3.8) is 0 Å². The topological polar surface area (TPSA) is 58.1 Å². The molecule has 1 aromatic carbocycles. The fourth-order valence-electron chi connectivity index (χ4n) is 2.61. The Labute approximate surface area is 151 Å². The number of benzene rings is 1. The molecule has 2 rings (SSSR count). The first-order chi connectivity index (χ1) is 12.2. The molecule has 0 aliphatic carbocycles. The van der Waals surface area contributed by atoms with Gasteiger partial charge >= 0.3 is 0 Å². The normalized spacial score (nSPS) is 16.1. The Kier molecular flexibility index (Phi) is 8.55. The van der Waals surface area contributed by atoms with E-state index in [-0.39, 0.29) is 0 Å². The zero-order valence-corrected chi connectivity index (χ0v) is 15.8. The quantitative estimate of drug-likeness (QED) is 0.555. The first-order valence-corrected chi connectivity index (χ1v) is 9.24. The Bertz CT molecular complexity index is 528. The number of hydrogen-bond acceptors (Lipinski definition) is 4. The highest BCUT2D eigenvalue weighted by molar-refractivity contribution is 5.79. The van der Waals surface area contributed by atoms with E-state index in [0.717, 1.165) is 56.7 Å². The minimum atomic E-state index is 0.354. The van der Waals surface area contributed by atoms with Crippen LogP contribution in [0.25, 0.3) is 0 Å². The Morgan fingerprint density at radius 3 is 2.84 bits per heavy atom. The van der Waals surface area contributed by atoms with Crippen LogP contribution in [0.15, 0.2) is 29.3 Å². The van der Waals surface area contributed by atoms with Gasteiger partial charge in [-0.15, -0.1) is 0 Å². The van der Waals surface area contributed by atoms with E-state index in [2.05, 4.69) is 53.4 Å². The summed E-state index contributed by atoms with van der Waals surface area (Å²) < 4.78 is 11.3. The van der Waals surface area contributed by atoms with E-state index in [1.807, 2.05) is 12.1 Å². The predicted octanol–water partition coefficient (Wildman–Crippen LogP) is 1.86. The number of ether oxygens (including phenoxy) is 2. The van der Waals surface area contributed by atoms with Crippen LogP contribution in [0.1, 0.15) is 26.3 Å². The Morgan fingerprint density at radius 2 is 2.12 bits per heavy atom. The van der Waals surface area contributed by atoms with Crippen LogP contribution < -0.4 is 15.4 Å². The second kappa shape index (κ2) is 10.9. The molecule has 6 nitrogen and oxygen atoms in total. The molecule has 0 radical (unpaired) electrons. The van der Waals surface area contributed by atoms with Gasteiger partial charge in [-0.3, -0.25) is 4.90 Å². The van der Waals surface area contributed by atoms with E-state index in [9.17, 15) is 0 Å². The SMILES string of the molecule is CCNC(=NCc1cccc(OCCN2CCOCC2)c1)NC(C)C. The standard InChI is InChI=1S/C19H32N4O2/c1-4-20-19(22-16(2)3)21-15-17-6-5-7-18(14-17)25-13-10-23-8-11-24-12-9-23/h5-7,14,16H,4,8-13,15H2,1-3H3,(H2,20,21,22). The van der Waals surface area contributed by atoms with E-state index >= 15 is 0 Å². The van der Waals surface area contributed by atoms with Crippen LogP contribution in [-0.2, 0) is 11.3 Å². The van der Waals surface area contributed by atoms with Crippen molar-refractivity contribution in [1.82, 2.24) is 15.5 Å². The molecule has 0 atom stereocenters. The van der Waals surface area contributed by atoms with Crippen LogP contribution in [0.2, 0.25) is 0 Å². The van der Waals surface area contributed by atoms with Crippen molar-refractivity contribution in [3.8, 4) is 5.75 Å². The molecule has 25 heavy (non-hydrogen) atoms. The predicted molar refractivity (Wildman–Crippen MR) is 102 cm³/mol. The second-order valence-electron chi connectivity index (χ2n) is 6.44. The summed E-state index contributed by atoms with van der Waals surface area (Å²) in [6, 6.07) is 8.54. The van der Waals surface area contributed by atoms with Crippen LogP contribution in [-0.4, -0.2) is 62.9 Å². The fraction of sp³-hybridized carbons (Fsp3) is 0.632. The third-order valence-electron chi connectivity index (χ3n) is 3.87. The van der Waals surface area contributed by atoms with Gasteiger partial charge < -0.3 is 20.1 Å². The van der Waals surface area contributed by atoms with E-state index < -0.39 is 0 Å². The summed E-state index contributed by atoms with van der Waals surface area (Å²) in [6.45, 7) is 13.0. The van der Waals surface area contributed by atoms with E-state index in [4.69, 9.17) is 9.47 Å². The number of nitrogens with one attached hydrogen (secondary N) is 2. The number of hydrogen-bond donors (Lipinski definition) is 2. The Morgan fingerprint density at radius 1 is 1.32 bits per heavy atom. The maximum Gasteiger partial charge on any atom is 0.191 e. The van der Waals surface area contributed by atoms with E-state index in [1.54, 1.807) is 0 Å². The lowest BCUT2D eigenvalue weighted by Gasteiger charge is -2.26. The van der Waals surface area contributed by atoms with Crippen LogP contribution in [0.4, 0.5) is 0 Å². The van der Waals surface area contributed by atoms with Gasteiger partial charge in [0, 0.05) is 32.2 Å². The number of nitrogens with zero attached hydrogens (tertiary/aromatic N) is 2. The maximum absolute atomic E-state index is 5.91. The third kappa shape index (κ3) is 7.75. The number of aliphatic imine (C=N–C) groups is 1. The molecule has 0 aromatic heterocycles. The molecule has 0 saturated carbocycles. The van der Waals surface area contributed by atoms with Crippen molar-refractivity contribution in [3.05, 3.63) is 29.8 Å². The van der Waals surface area contributed by atoms with Gasteiger partial charge in [0.05, 0.1) is 19.8 Å². The molecule has 140 valence electrons. The zero-order valence-electron chi connectivity index (χ0n) is 15.8. The summed E-state index contributed by atoms with van der Waals surface area (Å²) in [7, 11) is 0. The van der Waals surface area contributed by atoms with Crippen molar-refractivity contribution in [2.24, 2.45) is 4.99 Å². The summed E-state index contributed by atoms with van der Waals surface area (Å²) in [5.74, 6) is 1.75. The smallest absolute Gasteiger partial charge is 0.191 e. The highest BCUT2D eigenvalue weighted by atomic mass is 16.5. The summed E-state index contributed by atoms with van der Waals surface area (Å²) in [5, 5.41) is 6.59. The van der Waals surface area contributed by atoms with Crippen LogP contribution >= 0.6 is 0 Å². The first kappa shape index (κ1) is 19.5. The van der Waals surface area contributed by atoms with Crippen LogP contribution in [0, 0.1) is 0 Å². The van der Waals surface area contributed by atoms with Gasteiger partial charge in [0.1, 0.15) is 12.4 Å². The number of morpholine rings is 1. The average Bonchev–Trinajstić information content (AvgIpc) is 2.61. The van der Waals surface area contributed by atoms with Crippen molar-refractivity contribution >= 4 is 5.96 Å². The third-order valence-corrected chi connectivity index (χ3v) is 3.87. The van der Waals surface area contributed by atoms with Gasteiger partial charge in [-0.1, -0.05) is 12.1 Å². The Balaban J connectivity index is 1.82. The molecule has 1 saturated heterocycles. The molecule has 0 bridgehead atoms. The lowest BCUT2D eigenvalue weighted by atomic mass is 10.2. The fourth-order valence-corrected chi connectivity index (χ4v) is 2.61. The molecule has 1 aliphatic heterocycles. The molecule has 0 amide bonds. The van der Waals surface area contributed by atoms with Gasteiger partial charge in [-0.25, -0.2) is 4.99 Å². The maximum atomic E-state index is 5.91. The molecule has 6 heteroatoms. The highest BCUT2D eigenvalue weighted by Crippen LogP contribution is 2.14. The molecule has 2 N–H and O–H groups in total. The summed E-state index contributed by atoms with van der Waals surface area (Å²) >= 11 is 0. The number of rotatable bonds is 8. The zero-order chi connectivity index (χ0) is 17.9. The summed E-state index contributed by atoms with van der Waals surface area (Å²) in [4.78, 5) is 7.01. The lowest BCUT2D eigenvalue weighted by Crippen LogP contribution is -2.41. The minimum absolute atomic E-state index is 0.354. The van der Waals surface area contributed by atoms with Crippen molar-refractivity contribution in [2.75, 3.05) is 46.0 Å². The van der Waals surface area contributed by atoms with Gasteiger partial charge in [0.25, 0.3) is 0 Å². The van der Waals surface area contributed by atoms with Crippen LogP contribution in [0.3, 0.4) is 0 Å². The summed E-state index contributed by atoms with van der Waals surface area (Å²) in [6.07, 6.45) is 0. The van der Waals surface area contributed by atoms with E-state index in [1.165, 1.54) is 0 Å².